The zero-order valence-corrected chi connectivity index (χ0v) is 27.6. The number of amides is 3. The maximum Gasteiger partial charge on any atom is 0.305 e. The Balaban J connectivity index is 1.15. The second kappa shape index (κ2) is 11.3. The molecule has 3 amide bonds. The van der Waals surface area contributed by atoms with E-state index in [-0.39, 0.29) is 63.8 Å². The Bertz CT molecular complexity index is 1840. The zero-order chi connectivity index (χ0) is 31.9. The quantitative estimate of drug-likeness (QED) is 0.208. The number of imide groups is 1. The van der Waals surface area contributed by atoms with E-state index in [4.69, 9.17) is 4.74 Å². The number of fused-ring (bicyclic) bond motifs is 9. The van der Waals surface area contributed by atoms with E-state index in [0.717, 1.165) is 70.0 Å². The summed E-state index contributed by atoms with van der Waals surface area (Å²) in [6, 6.07) is 11.2. The molecule has 7 atom stereocenters. The molecular weight excluding hydrogens is 696 g/mol. The third-order valence-corrected chi connectivity index (χ3v) is 13.5. The Morgan fingerprint density at radius 2 is 1.74 bits per heavy atom. The van der Waals surface area contributed by atoms with Gasteiger partial charge in [-0.1, -0.05) is 27.3 Å². The summed E-state index contributed by atoms with van der Waals surface area (Å²) in [6.07, 6.45) is 3.81. The van der Waals surface area contributed by atoms with Gasteiger partial charge in [0.2, 0.25) is 11.8 Å². The molecule has 0 radical (unpaired) electrons. The predicted molar refractivity (Wildman–Crippen MR) is 174 cm³/mol. The second-order valence-corrected chi connectivity index (χ2v) is 15.8. The summed E-state index contributed by atoms with van der Waals surface area (Å²) in [5, 5.41) is 12.0. The van der Waals surface area contributed by atoms with E-state index in [0.29, 0.717) is 11.4 Å². The van der Waals surface area contributed by atoms with Gasteiger partial charge in [0.25, 0.3) is 11.6 Å². The Hall–Kier alpha value is -3.49. The van der Waals surface area contributed by atoms with Crippen LogP contribution in [0, 0.1) is 39.7 Å². The third kappa shape index (κ3) is 4.66. The number of aromatic amines is 1. The number of H-pyrrole nitrogens is 1. The monoisotopic (exact) mass is 724 g/mol. The number of likely N-dealkylation sites (tertiary alicyclic amines) is 1. The predicted octanol–water partition coefficient (Wildman–Crippen LogP) is 5.18. The van der Waals surface area contributed by atoms with E-state index in [9.17, 15) is 29.3 Å². The van der Waals surface area contributed by atoms with Crippen LogP contribution >= 0.6 is 39.0 Å². The zero-order valence-electron chi connectivity index (χ0n) is 24.4. The van der Waals surface area contributed by atoms with Crippen LogP contribution in [-0.2, 0) is 14.4 Å². The number of nitrogens with zero attached hydrogens (tertiary/aromatic N) is 3. The molecule has 2 saturated carbocycles. The van der Waals surface area contributed by atoms with E-state index in [1.54, 1.807) is 11.8 Å². The fourth-order valence-electron chi connectivity index (χ4n) is 8.61. The van der Waals surface area contributed by atoms with Crippen LogP contribution in [0.5, 0.6) is 5.75 Å². The SMILES string of the molecule is O=C(COc1ccc(Br)cc1[C@H]1c2sc(=O)[nH]c2SC2C1[C@H]1C[C@@H]2C2C(=O)N(c3ccc([N+](=O)[O-])cc3)C(=O)C21)N1CCCCC1. The van der Waals surface area contributed by atoms with Gasteiger partial charge in [0, 0.05) is 51.3 Å². The van der Waals surface area contributed by atoms with Crippen molar-refractivity contribution in [2.24, 2.45) is 29.6 Å². The van der Waals surface area contributed by atoms with Crippen LogP contribution in [0.1, 0.15) is 42.0 Å². The van der Waals surface area contributed by atoms with E-state index in [1.807, 2.05) is 23.1 Å². The topological polar surface area (TPSA) is 143 Å². The van der Waals surface area contributed by atoms with E-state index in [1.165, 1.54) is 29.2 Å². The van der Waals surface area contributed by atoms with Crippen LogP contribution < -0.4 is 14.5 Å². The lowest BCUT2D eigenvalue weighted by atomic mass is 9.68. The minimum absolute atomic E-state index is 0.0237. The van der Waals surface area contributed by atoms with Crippen LogP contribution in [0.4, 0.5) is 11.4 Å². The molecule has 5 aliphatic rings. The summed E-state index contributed by atoms with van der Waals surface area (Å²) in [7, 11) is 0. The number of halogens is 1. The van der Waals surface area contributed by atoms with E-state index < -0.39 is 16.8 Å². The first-order valence-electron chi connectivity index (χ1n) is 15.4. The van der Waals surface area contributed by atoms with Gasteiger partial charge in [-0.05, 0) is 73.8 Å². The van der Waals surface area contributed by atoms with Crippen LogP contribution in [0.3, 0.4) is 0 Å². The number of nitro benzene ring substituents is 1. The Morgan fingerprint density at radius 1 is 1.02 bits per heavy atom. The number of ether oxygens (including phenoxy) is 1. The van der Waals surface area contributed by atoms with Gasteiger partial charge >= 0.3 is 4.87 Å². The Kier molecular flexibility index (Phi) is 7.37. The average Bonchev–Trinajstić information content (AvgIpc) is 3.79. The number of nitro groups is 1. The molecule has 4 heterocycles. The van der Waals surface area contributed by atoms with Crippen molar-refractivity contribution in [2.45, 2.75) is 41.9 Å². The number of thioether (sulfide) groups is 1. The Morgan fingerprint density at radius 3 is 2.46 bits per heavy atom. The van der Waals surface area contributed by atoms with Gasteiger partial charge in [0.15, 0.2) is 6.61 Å². The lowest BCUT2D eigenvalue weighted by Crippen LogP contribution is -2.43. The van der Waals surface area contributed by atoms with Gasteiger partial charge in [-0.15, -0.1) is 11.8 Å². The van der Waals surface area contributed by atoms with Gasteiger partial charge in [-0.25, -0.2) is 0 Å². The Labute approximate surface area is 280 Å². The lowest BCUT2D eigenvalue weighted by Gasteiger charge is -2.43. The van der Waals surface area contributed by atoms with Crippen LogP contribution in [0.2, 0.25) is 0 Å². The highest BCUT2D eigenvalue weighted by Crippen LogP contribution is 2.69. The first-order valence-corrected chi connectivity index (χ1v) is 17.9. The molecule has 1 aromatic heterocycles. The third-order valence-electron chi connectivity index (χ3n) is 10.4. The molecule has 3 aliphatic heterocycles. The first-order chi connectivity index (χ1) is 22.2. The molecule has 1 N–H and O–H groups in total. The molecule has 238 valence electrons. The van der Waals surface area contributed by atoms with Crippen molar-refractivity contribution in [1.29, 1.82) is 0 Å². The standard InChI is InChI=1S/C32H29BrN4O7S2/c33-15-4-9-21(44-14-22(38)35-10-2-1-3-11-35)18(12-15)23-24-19-13-20(27(24)45-29-28(23)46-32(41)34-29)26-25(19)30(39)36(31(26)40)16-5-7-17(8-6-16)37(42)43/h4-9,12,19-20,23-27H,1-3,10-11,13-14H2,(H,34,41)/t19-,20-,23-,24?,25?,26?,27?/m1/s1. The highest BCUT2D eigenvalue weighted by Gasteiger charge is 2.70. The molecule has 11 nitrogen and oxygen atoms in total. The molecule has 3 aromatic rings. The summed E-state index contributed by atoms with van der Waals surface area (Å²) in [5.41, 5.74) is 1.07. The van der Waals surface area contributed by atoms with Gasteiger partial charge in [-0.2, -0.15) is 0 Å². The molecule has 2 bridgehead atoms. The number of aromatic nitrogens is 1. The molecule has 0 spiro atoms. The van der Waals surface area contributed by atoms with Gasteiger partial charge < -0.3 is 14.6 Å². The maximum atomic E-state index is 14.1. The number of thiazole rings is 1. The molecule has 4 fully saturated rings. The number of rotatable bonds is 6. The van der Waals surface area contributed by atoms with Gasteiger partial charge in [-0.3, -0.25) is 34.2 Å². The van der Waals surface area contributed by atoms with E-state index in [2.05, 4.69) is 20.9 Å². The van der Waals surface area contributed by atoms with Crippen LogP contribution in [-0.4, -0.2) is 57.5 Å². The fraction of sp³-hybridized carbons (Fsp3) is 0.438. The molecule has 46 heavy (non-hydrogen) atoms. The second-order valence-electron chi connectivity index (χ2n) is 12.7. The number of piperidine rings is 1. The summed E-state index contributed by atoms with van der Waals surface area (Å²) in [4.78, 5) is 71.2. The molecule has 2 aromatic carbocycles. The number of non-ortho nitro benzene ring substituents is 1. The average molecular weight is 726 g/mol. The molecule has 8 rings (SSSR count). The minimum Gasteiger partial charge on any atom is -0.483 e. The highest BCUT2D eigenvalue weighted by atomic mass is 79.9. The highest BCUT2D eigenvalue weighted by molar-refractivity contribution is 9.10. The van der Waals surface area contributed by atoms with Crippen molar-refractivity contribution < 1.29 is 24.0 Å². The van der Waals surface area contributed by atoms with E-state index >= 15 is 0 Å². The van der Waals surface area contributed by atoms with Crippen molar-refractivity contribution in [2.75, 3.05) is 24.6 Å². The number of hydrogen-bond acceptors (Lipinski definition) is 9. The van der Waals surface area contributed by atoms with Crippen molar-refractivity contribution in [3.8, 4) is 5.75 Å². The van der Waals surface area contributed by atoms with Crippen molar-refractivity contribution in [3.05, 3.63) is 77.2 Å². The number of nitrogens with one attached hydrogen (secondary N) is 1. The van der Waals surface area contributed by atoms with Crippen molar-refractivity contribution >= 4 is 68.1 Å². The molecule has 2 saturated heterocycles. The van der Waals surface area contributed by atoms with Crippen molar-refractivity contribution in [3.63, 3.8) is 0 Å². The lowest BCUT2D eigenvalue weighted by molar-refractivity contribution is -0.384. The molecule has 2 aliphatic carbocycles. The van der Waals surface area contributed by atoms with Crippen LogP contribution in [0.25, 0.3) is 0 Å². The molecule has 14 heteroatoms. The van der Waals surface area contributed by atoms with Gasteiger partial charge in [0.05, 0.1) is 27.5 Å². The maximum absolute atomic E-state index is 14.1. The number of hydrogen-bond donors (Lipinski definition) is 1. The number of carbonyl (C=O) groups excluding carboxylic acids is 3. The number of benzene rings is 2. The summed E-state index contributed by atoms with van der Waals surface area (Å²) in [6.45, 7) is 1.37. The summed E-state index contributed by atoms with van der Waals surface area (Å²) in [5.74, 6) is -1.58. The smallest absolute Gasteiger partial charge is 0.305 e. The normalized spacial score (nSPS) is 29.5. The summed E-state index contributed by atoms with van der Waals surface area (Å²) >= 11 is 6.38. The molecule has 4 unspecified atom stereocenters. The first kappa shape index (κ1) is 29.9. The largest absolute Gasteiger partial charge is 0.483 e. The number of anilines is 1. The van der Waals surface area contributed by atoms with Crippen LogP contribution in [0.15, 0.2) is 56.8 Å². The minimum atomic E-state index is -0.522. The van der Waals surface area contributed by atoms with Gasteiger partial charge in [0.1, 0.15) is 5.75 Å². The number of carbonyl (C=O) groups is 3. The molecular formula is C32H29BrN4O7S2. The van der Waals surface area contributed by atoms with Crippen molar-refractivity contribution in [1.82, 2.24) is 9.88 Å². The fourth-order valence-corrected chi connectivity index (χ4v) is 11.9. The summed E-state index contributed by atoms with van der Waals surface area (Å²) < 4.78 is 7.08.